The second-order valence-corrected chi connectivity index (χ2v) is 11.1. The maximum atomic E-state index is 13.3. The molecule has 2 fully saturated rings. The number of aromatic nitrogens is 2. The first-order valence-electron chi connectivity index (χ1n) is 14.2. The molecule has 0 spiro atoms. The summed E-state index contributed by atoms with van der Waals surface area (Å²) in [5, 5.41) is 6.10. The number of rotatable bonds is 8. The molecule has 2 aliphatic rings. The Morgan fingerprint density at radius 1 is 1.03 bits per heavy atom. The van der Waals surface area contributed by atoms with Crippen LogP contribution < -0.4 is 10.6 Å². The Morgan fingerprint density at radius 3 is 2.51 bits per heavy atom. The number of nitrogens with one attached hydrogen (secondary N) is 2. The summed E-state index contributed by atoms with van der Waals surface area (Å²) in [6.45, 7) is 4.07. The van der Waals surface area contributed by atoms with Crippen molar-refractivity contribution in [3.05, 3.63) is 59.2 Å². The van der Waals surface area contributed by atoms with Gasteiger partial charge in [-0.05, 0) is 113 Å². The number of hydrogen-bond acceptors (Lipinski definition) is 4. The van der Waals surface area contributed by atoms with E-state index in [4.69, 9.17) is 4.98 Å². The van der Waals surface area contributed by atoms with Crippen molar-refractivity contribution in [2.75, 3.05) is 32.0 Å². The lowest BCUT2D eigenvalue weighted by molar-refractivity contribution is -0.137. The molecule has 6 nitrogen and oxygen atoms in total. The van der Waals surface area contributed by atoms with E-state index in [2.05, 4.69) is 38.3 Å². The van der Waals surface area contributed by atoms with Gasteiger partial charge < -0.3 is 9.88 Å². The number of fused-ring (bicyclic) bond motifs is 1. The first kappa shape index (κ1) is 27.6. The molecule has 1 saturated heterocycles. The fraction of sp³-hybridized carbons (Fsp3) is 0.533. The molecule has 0 unspecified atom stereocenters. The van der Waals surface area contributed by atoms with Crippen molar-refractivity contribution >= 4 is 22.9 Å². The molecule has 2 heterocycles. The van der Waals surface area contributed by atoms with Gasteiger partial charge in [-0.3, -0.25) is 15.0 Å². The summed E-state index contributed by atoms with van der Waals surface area (Å²) in [7, 11) is 1.97. The van der Waals surface area contributed by atoms with E-state index < -0.39 is 17.6 Å². The molecule has 1 amide bonds. The number of benzene rings is 2. The molecule has 3 aromatic rings. The maximum absolute atomic E-state index is 13.3. The summed E-state index contributed by atoms with van der Waals surface area (Å²) in [6.07, 6.45) is 4.50. The van der Waals surface area contributed by atoms with E-state index in [9.17, 15) is 18.0 Å². The molecule has 2 N–H and O–H groups in total. The minimum absolute atomic E-state index is 0.0370. The number of imidazole rings is 1. The van der Waals surface area contributed by atoms with Crippen molar-refractivity contribution in [2.45, 2.75) is 70.1 Å². The monoisotopic (exact) mass is 541 g/mol. The molecule has 5 rings (SSSR count). The largest absolute Gasteiger partial charge is 0.416 e. The lowest BCUT2D eigenvalue weighted by Crippen LogP contribution is -2.29. The van der Waals surface area contributed by atoms with Gasteiger partial charge in [0.15, 0.2) is 0 Å². The summed E-state index contributed by atoms with van der Waals surface area (Å²) in [4.78, 5) is 20.4. The Balaban J connectivity index is 1.43. The molecule has 0 radical (unpaired) electrons. The zero-order valence-corrected chi connectivity index (χ0v) is 22.6. The van der Waals surface area contributed by atoms with Crippen LogP contribution in [0.15, 0.2) is 42.5 Å². The van der Waals surface area contributed by atoms with Crippen LogP contribution in [0.1, 0.15) is 78.9 Å². The standard InChI is InChI=1S/C30H38F3N5O/c1-34-15-14-21-8-11-25(12-9-21)38-27-13-10-22(20-37-16-3-2-4-17-37)18-26(27)35-29(38)36-28(39)23-6-5-7-24(19-23)30(31,32)33/h5-7,10,13,18-19,21,25,34H,2-4,8-9,11-12,14-17,20H2,1H3,(H,35,36,39). The second-order valence-electron chi connectivity index (χ2n) is 11.1. The molecular formula is C30H38F3N5O. The highest BCUT2D eigenvalue weighted by Gasteiger charge is 2.31. The summed E-state index contributed by atoms with van der Waals surface area (Å²) >= 11 is 0. The number of nitrogens with zero attached hydrogens (tertiary/aromatic N) is 3. The molecule has 1 aromatic heterocycles. The first-order valence-corrected chi connectivity index (χ1v) is 14.2. The third kappa shape index (κ3) is 6.64. The summed E-state index contributed by atoms with van der Waals surface area (Å²) in [5.41, 5.74) is 2.06. The smallest absolute Gasteiger partial charge is 0.320 e. The lowest BCUT2D eigenvalue weighted by atomic mass is 9.84. The number of carbonyl (C=O) groups is 1. The molecule has 1 aliphatic carbocycles. The molecule has 1 saturated carbocycles. The average molecular weight is 542 g/mol. The number of likely N-dealkylation sites (tertiary alicyclic amines) is 1. The fourth-order valence-corrected chi connectivity index (χ4v) is 6.13. The minimum atomic E-state index is -4.51. The zero-order valence-electron chi connectivity index (χ0n) is 22.6. The third-order valence-electron chi connectivity index (χ3n) is 8.27. The summed E-state index contributed by atoms with van der Waals surface area (Å²) in [5.74, 6) is 0.484. The molecule has 2 aromatic carbocycles. The highest BCUT2D eigenvalue weighted by molar-refractivity contribution is 6.04. The predicted octanol–water partition coefficient (Wildman–Crippen LogP) is 6.63. The van der Waals surface area contributed by atoms with E-state index in [1.54, 1.807) is 0 Å². The maximum Gasteiger partial charge on any atom is 0.416 e. The van der Waals surface area contributed by atoms with Crippen molar-refractivity contribution in [3.8, 4) is 0 Å². The van der Waals surface area contributed by atoms with Gasteiger partial charge in [-0.25, -0.2) is 4.98 Å². The molecule has 1 aliphatic heterocycles. The Labute approximate surface area is 228 Å². The molecule has 9 heteroatoms. The highest BCUT2D eigenvalue weighted by Crippen LogP contribution is 2.38. The van der Waals surface area contributed by atoms with Gasteiger partial charge in [-0.2, -0.15) is 13.2 Å². The van der Waals surface area contributed by atoms with E-state index in [1.165, 1.54) is 37.0 Å². The van der Waals surface area contributed by atoms with Crippen molar-refractivity contribution in [3.63, 3.8) is 0 Å². The molecule has 210 valence electrons. The molecule has 0 bridgehead atoms. The van der Waals surface area contributed by atoms with Gasteiger partial charge in [0.05, 0.1) is 16.6 Å². The Bertz CT molecular complexity index is 1270. The van der Waals surface area contributed by atoms with E-state index in [-0.39, 0.29) is 11.6 Å². The number of carbonyl (C=O) groups excluding carboxylic acids is 1. The van der Waals surface area contributed by atoms with E-state index in [1.807, 2.05) is 7.05 Å². The zero-order chi connectivity index (χ0) is 27.4. The van der Waals surface area contributed by atoms with Crippen LogP contribution in [0.5, 0.6) is 0 Å². The normalized spacial score (nSPS) is 20.8. The van der Waals surface area contributed by atoms with E-state index >= 15 is 0 Å². The van der Waals surface area contributed by atoms with Crippen molar-refractivity contribution < 1.29 is 18.0 Å². The number of alkyl halides is 3. The Kier molecular flexibility index (Phi) is 8.57. The molecule has 0 atom stereocenters. The van der Waals surface area contributed by atoms with Crippen molar-refractivity contribution in [1.82, 2.24) is 19.8 Å². The van der Waals surface area contributed by atoms with Crippen LogP contribution >= 0.6 is 0 Å². The van der Waals surface area contributed by atoms with E-state index in [0.29, 0.717) is 11.9 Å². The van der Waals surface area contributed by atoms with Gasteiger partial charge in [0.2, 0.25) is 5.95 Å². The average Bonchev–Trinajstić information content (AvgIpc) is 3.29. The van der Waals surface area contributed by atoms with Crippen LogP contribution in [-0.2, 0) is 12.7 Å². The third-order valence-corrected chi connectivity index (χ3v) is 8.27. The SMILES string of the molecule is CNCCC1CCC(n2c(NC(=O)c3cccc(C(F)(F)F)c3)nc3cc(CN4CCCCC4)ccc32)CC1. The van der Waals surface area contributed by atoms with Crippen molar-refractivity contribution in [2.24, 2.45) is 5.92 Å². The van der Waals surface area contributed by atoms with Gasteiger partial charge in [-0.15, -0.1) is 0 Å². The number of amides is 1. The van der Waals surface area contributed by atoms with Gasteiger partial charge >= 0.3 is 6.18 Å². The first-order chi connectivity index (χ1) is 18.8. The van der Waals surface area contributed by atoms with Gasteiger partial charge in [-0.1, -0.05) is 18.6 Å². The Morgan fingerprint density at radius 2 is 1.79 bits per heavy atom. The molecule has 39 heavy (non-hydrogen) atoms. The highest BCUT2D eigenvalue weighted by atomic mass is 19.4. The van der Waals surface area contributed by atoms with Crippen LogP contribution in [0.2, 0.25) is 0 Å². The van der Waals surface area contributed by atoms with Gasteiger partial charge in [0.1, 0.15) is 0 Å². The van der Waals surface area contributed by atoms with E-state index in [0.717, 1.165) is 81.4 Å². The number of anilines is 1. The number of halogens is 3. The van der Waals surface area contributed by atoms with Crippen LogP contribution in [0.4, 0.5) is 19.1 Å². The minimum Gasteiger partial charge on any atom is -0.320 e. The topological polar surface area (TPSA) is 62.2 Å². The fourth-order valence-electron chi connectivity index (χ4n) is 6.13. The summed E-state index contributed by atoms with van der Waals surface area (Å²) in [6, 6.07) is 11.0. The van der Waals surface area contributed by atoms with Gasteiger partial charge in [0, 0.05) is 18.2 Å². The van der Waals surface area contributed by atoms with Gasteiger partial charge in [0.25, 0.3) is 5.91 Å². The summed E-state index contributed by atoms with van der Waals surface area (Å²) < 4.78 is 41.9. The number of hydrogen-bond donors (Lipinski definition) is 2. The van der Waals surface area contributed by atoms with Crippen molar-refractivity contribution in [1.29, 1.82) is 0 Å². The number of piperidine rings is 1. The molecular weight excluding hydrogens is 503 g/mol. The Hall–Kier alpha value is -2.91. The van der Waals surface area contributed by atoms with Crippen LogP contribution in [0, 0.1) is 5.92 Å². The second kappa shape index (κ2) is 12.1. The lowest BCUT2D eigenvalue weighted by Gasteiger charge is -2.30. The van der Waals surface area contributed by atoms with Crippen LogP contribution in [0.25, 0.3) is 11.0 Å². The van der Waals surface area contributed by atoms with Crippen LogP contribution in [-0.4, -0.2) is 47.0 Å². The van der Waals surface area contributed by atoms with Crippen LogP contribution in [0.3, 0.4) is 0 Å². The predicted molar refractivity (Wildman–Crippen MR) is 148 cm³/mol. The quantitative estimate of drug-likeness (QED) is 0.336.